The highest BCUT2D eigenvalue weighted by molar-refractivity contribution is 6.04. The summed E-state index contributed by atoms with van der Waals surface area (Å²) in [5.41, 5.74) is 3.15. The second kappa shape index (κ2) is 6.43. The van der Waals surface area contributed by atoms with E-state index in [4.69, 9.17) is 4.74 Å². The quantitative estimate of drug-likeness (QED) is 0.880. The zero-order valence-corrected chi connectivity index (χ0v) is 13.1. The number of rotatable bonds is 4. The second-order valence-electron chi connectivity index (χ2n) is 5.03. The topological polar surface area (TPSA) is 73.2 Å². The van der Waals surface area contributed by atoms with Gasteiger partial charge in [-0.25, -0.2) is 4.79 Å². The summed E-state index contributed by atoms with van der Waals surface area (Å²) >= 11 is 0. The maximum Gasteiger partial charge on any atom is 0.356 e. The van der Waals surface area contributed by atoms with Crippen LogP contribution in [0.25, 0.3) is 0 Å². The molecule has 0 saturated heterocycles. The van der Waals surface area contributed by atoms with Crippen molar-refractivity contribution in [1.82, 2.24) is 9.78 Å². The molecule has 0 atom stereocenters. The molecule has 0 aliphatic rings. The van der Waals surface area contributed by atoms with Gasteiger partial charge in [0.1, 0.15) is 5.69 Å². The van der Waals surface area contributed by atoms with Crippen LogP contribution in [0.2, 0.25) is 0 Å². The molecule has 0 spiro atoms. The van der Waals surface area contributed by atoms with E-state index in [9.17, 15) is 9.59 Å². The van der Waals surface area contributed by atoms with Crippen molar-refractivity contribution in [3.63, 3.8) is 0 Å². The summed E-state index contributed by atoms with van der Waals surface area (Å²) in [6.07, 6.45) is 0. The van der Waals surface area contributed by atoms with Gasteiger partial charge in [0.05, 0.1) is 6.61 Å². The van der Waals surface area contributed by atoms with Crippen LogP contribution in [0.5, 0.6) is 0 Å². The Morgan fingerprint density at radius 1 is 1.27 bits per heavy atom. The molecule has 6 heteroatoms. The van der Waals surface area contributed by atoms with Crippen LogP contribution in [0.15, 0.2) is 24.3 Å². The standard InChI is InChI=1S/C16H19N3O3/c1-5-22-16(21)14-9-13(18-19(14)4)15(20)17-12-8-10(2)6-7-11(12)3/h6-9H,5H2,1-4H3,(H,17,20). The maximum atomic E-state index is 12.3. The minimum Gasteiger partial charge on any atom is -0.461 e. The number of carbonyl (C=O) groups is 2. The fourth-order valence-corrected chi connectivity index (χ4v) is 2.03. The van der Waals surface area contributed by atoms with E-state index >= 15 is 0 Å². The predicted octanol–water partition coefficient (Wildman–Crippen LogP) is 2.47. The number of anilines is 1. The SMILES string of the molecule is CCOC(=O)c1cc(C(=O)Nc2cc(C)ccc2C)nn1C. The number of hydrogen-bond donors (Lipinski definition) is 1. The predicted molar refractivity (Wildman–Crippen MR) is 83.0 cm³/mol. The maximum absolute atomic E-state index is 12.3. The van der Waals surface area contributed by atoms with Gasteiger partial charge in [-0.3, -0.25) is 9.48 Å². The largest absolute Gasteiger partial charge is 0.461 e. The van der Waals surface area contributed by atoms with Crippen molar-refractivity contribution in [2.24, 2.45) is 7.05 Å². The van der Waals surface area contributed by atoms with Gasteiger partial charge in [-0.2, -0.15) is 5.10 Å². The van der Waals surface area contributed by atoms with E-state index in [-0.39, 0.29) is 23.9 Å². The number of carbonyl (C=O) groups excluding carboxylic acids is 2. The van der Waals surface area contributed by atoms with E-state index < -0.39 is 5.97 Å². The molecule has 1 aromatic heterocycles. The van der Waals surface area contributed by atoms with Crippen LogP contribution in [0.1, 0.15) is 39.0 Å². The third-order valence-electron chi connectivity index (χ3n) is 3.24. The van der Waals surface area contributed by atoms with Crippen LogP contribution in [0.3, 0.4) is 0 Å². The van der Waals surface area contributed by atoms with E-state index in [0.29, 0.717) is 0 Å². The van der Waals surface area contributed by atoms with E-state index in [1.807, 2.05) is 32.0 Å². The van der Waals surface area contributed by atoms with Crippen molar-refractivity contribution in [2.75, 3.05) is 11.9 Å². The Bertz CT molecular complexity index is 719. The molecule has 1 amide bonds. The summed E-state index contributed by atoms with van der Waals surface area (Å²) in [4.78, 5) is 24.0. The van der Waals surface area contributed by atoms with Crippen molar-refractivity contribution < 1.29 is 14.3 Å². The number of benzene rings is 1. The first-order valence-corrected chi connectivity index (χ1v) is 7.02. The lowest BCUT2D eigenvalue weighted by Crippen LogP contribution is -2.14. The molecule has 116 valence electrons. The summed E-state index contributed by atoms with van der Waals surface area (Å²) in [7, 11) is 1.60. The number of aryl methyl sites for hydroxylation is 3. The Labute approximate surface area is 129 Å². The highest BCUT2D eigenvalue weighted by Gasteiger charge is 2.18. The number of hydrogen-bond acceptors (Lipinski definition) is 4. The smallest absolute Gasteiger partial charge is 0.356 e. The lowest BCUT2D eigenvalue weighted by atomic mass is 10.1. The van der Waals surface area contributed by atoms with Gasteiger partial charge in [-0.05, 0) is 38.0 Å². The van der Waals surface area contributed by atoms with Gasteiger partial charge >= 0.3 is 5.97 Å². The number of ether oxygens (including phenoxy) is 1. The summed E-state index contributed by atoms with van der Waals surface area (Å²) < 4.78 is 6.27. The highest BCUT2D eigenvalue weighted by Crippen LogP contribution is 2.17. The van der Waals surface area contributed by atoms with Crippen molar-refractivity contribution in [3.05, 3.63) is 46.8 Å². The fourth-order valence-electron chi connectivity index (χ4n) is 2.03. The average Bonchev–Trinajstić information content (AvgIpc) is 2.85. The summed E-state index contributed by atoms with van der Waals surface area (Å²) in [6, 6.07) is 7.24. The molecule has 1 heterocycles. The summed E-state index contributed by atoms with van der Waals surface area (Å²) in [5, 5.41) is 6.88. The molecule has 22 heavy (non-hydrogen) atoms. The molecule has 6 nitrogen and oxygen atoms in total. The van der Waals surface area contributed by atoms with Crippen LogP contribution in [0, 0.1) is 13.8 Å². The van der Waals surface area contributed by atoms with E-state index in [1.54, 1.807) is 14.0 Å². The van der Waals surface area contributed by atoms with Gasteiger partial charge in [0.25, 0.3) is 5.91 Å². The molecule has 2 aromatic rings. The third-order valence-corrected chi connectivity index (χ3v) is 3.24. The Morgan fingerprint density at radius 3 is 2.68 bits per heavy atom. The normalized spacial score (nSPS) is 10.4. The minimum absolute atomic E-state index is 0.173. The molecular weight excluding hydrogens is 282 g/mol. The van der Waals surface area contributed by atoms with E-state index in [0.717, 1.165) is 16.8 Å². The highest BCUT2D eigenvalue weighted by atomic mass is 16.5. The summed E-state index contributed by atoms with van der Waals surface area (Å²) in [5.74, 6) is -0.858. The second-order valence-corrected chi connectivity index (χ2v) is 5.03. The molecule has 2 rings (SSSR count). The number of nitrogens with one attached hydrogen (secondary N) is 1. The average molecular weight is 301 g/mol. The number of amides is 1. The minimum atomic E-state index is -0.497. The first-order chi connectivity index (χ1) is 10.4. The monoisotopic (exact) mass is 301 g/mol. The zero-order valence-electron chi connectivity index (χ0n) is 13.1. The Balaban J connectivity index is 2.21. The molecule has 0 fully saturated rings. The lowest BCUT2D eigenvalue weighted by molar-refractivity contribution is 0.0513. The van der Waals surface area contributed by atoms with E-state index in [2.05, 4.69) is 10.4 Å². The van der Waals surface area contributed by atoms with Gasteiger partial charge in [0.2, 0.25) is 0 Å². The van der Waals surface area contributed by atoms with Crippen molar-refractivity contribution in [3.8, 4) is 0 Å². The third kappa shape index (κ3) is 3.33. The Hall–Kier alpha value is -2.63. The first-order valence-electron chi connectivity index (χ1n) is 7.02. The molecule has 0 aliphatic carbocycles. The Morgan fingerprint density at radius 2 is 2.00 bits per heavy atom. The molecule has 1 N–H and O–H groups in total. The molecule has 0 bridgehead atoms. The molecule has 1 aromatic carbocycles. The van der Waals surface area contributed by atoms with Crippen LogP contribution >= 0.6 is 0 Å². The van der Waals surface area contributed by atoms with Gasteiger partial charge in [0.15, 0.2) is 5.69 Å². The van der Waals surface area contributed by atoms with Crippen LogP contribution < -0.4 is 5.32 Å². The van der Waals surface area contributed by atoms with Crippen LogP contribution in [-0.4, -0.2) is 28.3 Å². The Kier molecular flexibility index (Phi) is 4.60. The molecule has 0 radical (unpaired) electrons. The van der Waals surface area contributed by atoms with E-state index in [1.165, 1.54) is 10.7 Å². The van der Waals surface area contributed by atoms with Crippen LogP contribution in [0.4, 0.5) is 5.69 Å². The van der Waals surface area contributed by atoms with Crippen LogP contribution in [-0.2, 0) is 11.8 Å². The van der Waals surface area contributed by atoms with Gasteiger partial charge in [0, 0.05) is 18.8 Å². The van der Waals surface area contributed by atoms with Crippen molar-refractivity contribution >= 4 is 17.6 Å². The van der Waals surface area contributed by atoms with Crippen molar-refractivity contribution in [2.45, 2.75) is 20.8 Å². The molecule has 0 saturated carbocycles. The molecule has 0 unspecified atom stereocenters. The lowest BCUT2D eigenvalue weighted by Gasteiger charge is -2.07. The number of esters is 1. The number of nitrogens with zero attached hydrogens (tertiary/aromatic N) is 2. The first kappa shape index (κ1) is 15.8. The van der Waals surface area contributed by atoms with Gasteiger partial charge in [-0.1, -0.05) is 12.1 Å². The number of aromatic nitrogens is 2. The fraction of sp³-hybridized carbons (Fsp3) is 0.312. The molecule has 0 aliphatic heterocycles. The van der Waals surface area contributed by atoms with Gasteiger partial charge in [-0.15, -0.1) is 0 Å². The molecular formula is C16H19N3O3. The van der Waals surface area contributed by atoms with Crippen molar-refractivity contribution in [1.29, 1.82) is 0 Å². The van der Waals surface area contributed by atoms with Gasteiger partial charge < -0.3 is 10.1 Å². The summed E-state index contributed by atoms with van der Waals surface area (Å²) in [6.45, 7) is 5.86. The zero-order chi connectivity index (χ0) is 16.3.